The highest BCUT2D eigenvalue weighted by Crippen LogP contribution is 2.14. The third-order valence-electron chi connectivity index (χ3n) is 2.23. The van der Waals surface area contributed by atoms with Crippen LogP contribution < -0.4 is 0 Å². The second kappa shape index (κ2) is 6.03. The molecule has 6 heteroatoms. The van der Waals surface area contributed by atoms with E-state index < -0.39 is 5.97 Å². The Morgan fingerprint density at radius 3 is 2.88 bits per heavy atom. The van der Waals surface area contributed by atoms with Gasteiger partial charge in [-0.1, -0.05) is 12.1 Å². The third-order valence-corrected chi connectivity index (χ3v) is 2.23. The predicted molar refractivity (Wildman–Crippen MR) is 57.3 cm³/mol. The monoisotopic (exact) mass is 241 g/mol. The van der Waals surface area contributed by atoms with Crippen LogP contribution in [0.3, 0.4) is 0 Å². The number of rotatable bonds is 6. The van der Waals surface area contributed by atoms with Crippen molar-refractivity contribution in [2.24, 2.45) is 5.92 Å². The fourth-order valence-corrected chi connectivity index (χ4v) is 1.47. The van der Waals surface area contributed by atoms with Gasteiger partial charge < -0.3 is 14.4 Å². The van der Waals surface area contributed by atoms with E-state index in [9.17, 15) is 9.59 Å². The number of ether oxygens (including phenoxy) is 1. The van der Waals surface area contributed by atoms with E-state index >= 15 is 0 Å². The number of methoxy groups -OCH3 is 1. The first-order chi connectivity index (χ1) is 8.01. The van der Waals surface area contributed by atoms with Crippen molar-refractivity contribution in [2.45, 2.75) is 26.2 Å². The lowest BCUT2D eigenvalue weighted by Gasteiger charge is -2.06. The molecule has 0 saturated carbocycles. The molecule has 17 heavy (non-hydrogen) atoms. The smallest absolute Gasteiger partial charge is 0.309 e. The van der Waals surface area contributed by atoms with Crippen molar-refractivity contribution in [3.63, 3.8) is 0 Å². The van der Waals surface area contributed by atoms with E-state index in [1.807, 2.05) is 6.92 Å². The molecule has 0 saturated heterocycles. The van der Waals surface area contributed by atoms with Crippen LogP contribution in [0.2, 0.25) is 0 Å². The fourth-order valence-electron chi connectivity index (χ4n) is 1.47. The topological polar surface area (TPSA) is 89.6 Å². The van der Waals surface area contributed by atoms with Gasteiger partial charge in [0, 0.05) is 18.9 Å². The van der Waals surface area contributed by atoms with Crippen molar-refractivity contribution in [1.29, 1.82) is 0 Å². The Hall–Kier alpha value is -1.85. The maximum Gasteiger partial charge on any atom is 0.309 e. The molecule has 1 aromatic heterocycles. The van der Waals surface area contributed by atoms with Gasteiger partial charge in [0.2, 0.25) is 0 Å². The molecule has 0 aliphatic rings. The molecule has 0 aromatic carbocycles. The fraction of sp³-hybridized carbons (Fsp3) is 0.545. The van der Waals surface area contributed by atoms with Crippen molar-refractivity contribution >= 4 is 11.9 Å². The van der Waals surface area contributed by atoms with Crippen molar-refractivity contribution in [2.75, 3.05) is 7.11 Å². The van der Waals surface area contributed by atoms with Crippen molar-refractivity contribution < 1.29 is 24.0 Å². The van der Waals surface area contributed by atoms with Crippen LogP contribution in [0, 0.1) is 5.92 Å². The molecule has 0 radical (unpaired) electrons. The number of carbonyl (C=O) groups is 2. The summed E-state index contributed by atoms with van der Waals surface area (Å²) in [5, 5.41) is 12.2. The van der Waals surface area contributed by atoms with Crippen LogP contribution in [0.1, 0.15) is 24.8 Å². The lowest BCUT2D eigenvalue weighted by atomic mass is 10.0. The molecule has 0 unspecified atom stereocenters. The van der Waals surface area contributed by atoms with Crippen LogP contribution in [-0.2, 0) is 27.2 Å². The van der Waals surface area contributed by atoms with Gasteiger partial charge in [0.1, 0.15) is 5.76 Å². The zero-order valence-electron chi connectivity index (χ0n) is 9.80. The summed E-state index contributed by atoms with van der Waals surface area (Å²) in [4.78, 5) is 21.5. The van der Waals surface area contributed by atoms with E-state index in [2.05, 4.69) is 9.89 Å². The van der Waals surface area contributed by atoms with E-state index in [0.717, 1.165) is 0 Å². The lowest BCUT2D eigenvalue weighted by molar-refractivity contribution is -0.141. The Labute approximate surface area is 98.5 Å². The molecule has 94 valence electrons. The molecule has 0 bridgehead atoms. The molecular formula is C11H15NO5. The van der Waals surface area contributed by atoms with Crippen molar-refractivity contribution in [3.05, 3.63) is 17.5 Å². The first-order valence-corrected chi connectivity index (χ1v) is 5.24. The van der Waals surface area contributed by atoms with Gasteiger partial charge in [-0.05, 0) is 5.92 Å². The number of aliphatic carboxylic acids is 1. The van der Waals surface area contributed by atoms with Gasteiger partial charge in [0.15, 0.2) is 0 Å². The van der Waals surface area contributed by atoms with Crippen molar-refractivity contribution in [3.8, 4) is 0 Å². The largest absolute Gasteiger partial charge is 0.481 e. The Morgan fingerprint density at radius 2 is 2.29 bits per heavy atom. The van der Waals surface area contributed by atoms with Gasteiger partial charge in [-0.3, -0.25) is 9.59 Å². The molecule has 1 rings (SSSR count). The number of carboxylic acids is 1. The van der Waals surface area contributed by atoms with Gasteiger partial charge >= 0.3 is 11.9 Å². The normalized spacial score (nSPS) is 12.1. The van der Waals surface area contributed by atoms with E-state index in [0.29, 0.717) is 24.3 Å². The maximum absolute atomic E-state index is 11.0. The summed E-state index contributed by atoms with van der Waals surface area (Å²) in [6, 6.07) is 1.60. The SMILES string of the molecule is COC(=O)C[C@H](C)Cc1cc(CC(=O)O)no1. The van der Waals surface area contributed by atoms with E-state index in [1.54, 1.807) is 6.07 Å². The summed E-state index contributed by atoms with van der Waals surface area (Å²) in [6.45, 7) is 1.89. The van der Waals surface area contributed by atoms with E-state index in [4.69, 9.17) is 9.63 Å². The van der Waals surface area contributed by atoms with Gasteiger partial charge in [-0.15, -0.1) is 0 Å². The highest BCUT2D eigenvalue weighted by atomic mass is 16.5. The quantitative estimate of drug-likeness (QED) is 0.748. The molecule has 0 amide bonds. The van der Waals surface area contributed by atoms with Crippen LogP contribution in [0.25, 0.3) is 0 Å². The number of esters is 1. The van der Waals surface area contributed by atoms with Crippen LogP contribution in [0.15, 0.2) is 10.6 Å². The molecule has 1 heterocycles. The number of carboxylic acid groups (broad SMARTS) is 1. The van der Waals surface area contributed by atoms with Crippen molar-refractivity contribution in [1.82, 2.24) is 5.16 Å². The molecule has 0 fully saturated rings. The van der Waals surface area contributed by atoms with Crippen LogP contribution >= 0.6 is 0 Å². The number of hydrogen-bond donors (Lipinski definition) is 1. The summed E-state index contributed by atoms with van der Waals surface area (Å²) in [7, 11) is 1.34. The van der Waals surface area contributed by atoms with Gasteiger partial charge in [0.25, 0.3) is 0 Å². The number of aromatic nitrogens is 1. The standard InChI is InChI=1S/C11H15NO5/c1-7(4-11(15)16-2)3-9-5-8(12-17-9)6-10(13)14/h5,7H,3-4,6H2,1-2H3,(H,13,14)/t7-/m1/s1. The lowest BCUT2D eigenvalue weighted by Crippen LogP contribution is -2.09. The molecule has 1 aromatic rings. The van der Waals surface area contributed by atoms with Crippen LogP contribution in [0.4, 0.5) is 0 Å². The van der Waals surface area contributed by atoms with E-state index in [1.165, 1.54) is 7.11 Å². The van der Waals surface area contributed by atoms with Gasteiger partial charge in [0.05, 0.1) is 19.2 Å². The summed E-state index contributed by atoms with van der Waals surface area (Å²) < 4.78 is 9.54. The summed E-state index contributed by atoms with van der Waals surface area (Å²) in [5.41, 5.74) is 0.387. The van der Waals surface area contributed by atoms with Gasteiger partial charge in [-0.2, -0.15) is 0 Å². The molecule has 0 aliphatic heterocycles. The Balaban J connectivity index is 2.48. The molecule has 6 nitrogen and oxygen atoms in total. The first-order valence-electron chi connectivity index (χ1n) is 5.24. The minimum atomic E-state index is -0.951. The number of carbonyl (C=O) groups excluding carboxylic acids is 1. The molecule has 0 spiro atoms. The molecule has 1 atom stereocenters. The first kappa shape index (κ1) is 13.2. The predicted octanol–water partition coefficient (Wildman–Crippen LogP) is 1.04. The second-order valence-corrected chi connectivity index (χ2v) is 3.94. The van der Waals surface area contributed by atoms with E-state index in [-0.39, 0.29) is 18.3 Å². The van der Waals surface area contributed by atoms with Crippen LogP contribution in [0.5, 0.6) is 0 Å². The third kappa shape index (κ3) is 4.67. The summed E-state index contributed by atoms with van der Waals surface area (Å²) >= 11 is 0. The minimum Gasteiger partial charge on any atom is -0.481 e. The minimum absolute atomic E-state index is 0.0630. The maximum atomic E-state index is 11.0. The summed E-state index contributed by atoms with van der Waals surface area (Å²) in [6.07, 6.45) is 0.669. The Bertz CT molecular complexity index is 398. The Kier molecular flexibility index (Phi) is 4.68. The second-order valence-electron chi connectivity index (χ2n) is 3.94. The number of nitrogens with zero attached hydrogens (tertiary/aromatic N) is 1. The number of hydrogen-bond acceptors (Lipinski definition) is 5. The zero-order chi connectivity index (χ0) is 12.8. The Morgan fingerprint density at radius 1 is 1.59 bits per heavy atom. The highest BCUT2D eigenvalue weighted by molar-refractivity contribution is 5.69. The molecular weight excluding hydrogens is 226 g/mol. The molecule has 0 aliphatic carbocycles. The highest BCUT2D eigenvalue weighted by Gasteiger charge is 2.14. The average molecular weight is 241 g/mol. The van der Waals surface area contributed by atoms with Gasteiger partial charge in [-0.25, -0.2) is 0 Å². The van der Waals surface area contributed by atoms with Crippen LogP contribution in [-0.4, -0.2) is 29.3 Å². The molecule has 1 N–H and O–H groups in total. The summed E-state index contributed by atoms with van der Waals surface area (Å²) in [5.74, 6) is -0.582. The zero-order valence-corrected chi connectivity index (χ0v) is 9.80. The average Bonchev–Trinajstić information content (AvgIpc) is 2.63.